The Morgan fingerprint density at radius 1 is 0.404 bits per heavy atom. The monoisotopic (exact) mass is 1600 g/mol. The van der Waals surface area contributed by atoms with Crippen molar-refractivity contribution in [1.29, 1.82) is 0 Å². The van der Waals surface area contributed by atoms with Gasteiger partial charge in [0.25, 0.3) is 0 Å². The molecule has 4 saturated heterocycles. The minimum absolute atomic E-state index is 0.236. The van der Waals surface area contributed by atoms with Gasteiger partial charge in [0.1, 0.15) is 160 Å². The van der Waals surface area contributed by atoms with Crippen molar-refractivity contribution >= 4 is 54.1 Å². The minimum atomic E-state index is -2.27. The van der Waals surface area contributed by atoms with E-state index in [0.717, 1.165) is 9.80 Å². The lowest BCUT2D eigenvalue weighted by Crippen LogP contribution is -2.65. The largest absolute Gasteiger partial charge is 0.480 e. The number of carbonyl (C=O) groups excluding carboxylic acids is 4. The van der Waals surface area contributed by atoms with E-state index in [4.69, 9.17) is 57.0 Å². The molecule has 0 aromatic heterocycles. The Bertz CT molecular complexity index is 2620. The number of carboxylic acids is 3. The second-order valence-electron chi connectivity index (χ2n) is 24.7. The first-order valence-electron chi connectivity index (χ1n) is 33.3. The summed E-state index contributed by atoms with van der Waals surface area (Å²) in [6.07, 6.45) is -53.8. The molecule has 2 amide bonds. The third kappa shape index (κ3) is 30.1. The fourth-order valence-corrected chi connectivity index (χ4v) is 10.8. The van der Waals surface area contributed by atoms with Crippen LogP contribution in [0.15, 0.2) is 10.3 Å². The SMILES string of the molecule is O=C(O)CN(CCN(CC(=O)O)CC(=O)NCCOC(=O)CO/N=C/[C@@H](O)[C@H](O)[C@@H](O[C@@H]1O[C@H](CO)[C@@H](O[C@@H]2O[C@H](CO)[C@@H](O)[C@H](O)[C@H]2O)[C@H](O)[C@H]1O)[C@@H](O)CO)CCN(CC(=O)O)CC(=O)NCCOC(=O)CO/N=C/[C@@H](O)[C@H](O)[C@@H](O[C@H]1O[C@H](CO)[C@@H](O[C@@H]2O[C@H](CO)[C@@H](O)[C@H](O)[C@H]2O)[C@H](O)[C@H]1O)[C@@H](O)CO. The number of aliphatic hydroxyl groups is 22. The number of hydrogen-bond donors (Lipinski definition) is 27. The molecule has 4 fully saturated rings. The Labute approximate surface area is 616 Å². The van der Waals surface area contributed by atoms with Crippen molar-refractivity contribution in [3.63, 3.8) is 0 Å². The molecule has 0 unspecified atom stereocenters. The molecule has 0 aromatic rings. The molecular weight excluding hydrogens is 1500 g/mol. The van der Waals surface area contributed by atoms with Gasteiger partial charge in [-0.15, -0.1) is 0 Å². The Hall–Kier alpha value is -6.09. The van der Waals surface area contributed by atoms with E-state index in [2.05, 4.69) is 20.9 Å². The lowest BCUT2D eigenvalue weighted by Gasteiger charge is -2.46. The van der Waals surface area contributed by atoms with Gasteiger partial charge in [-0.3, -0.25) is 38.7 Å². The van der Waals surface area contributed by atoms with Gasteiger partial charge < -0.3 is 195 Å². The van der Waals surface area contributed by atoms with Crippen molar-refractivity contribution in [2.24, 2.45) is 10.3 Å². The van der Waals surface area contributed by atoms with Gasteiger partial charge in [-0.25, -0.2) is 9.59 Å². The highest BCUT2D eigenvalue weighted by molar-refractivity contribution is 5.80. The molecule has 51 nitrogen and oxygen atoms in total. The summed E-state index contributed by atoms with van der Waals surface area (Å²) in [5.41, 5.74) is 0. The summed E-state index contributed by atoms with van der Waals surface area (Å²) in [6.45, 7) is -14.1. The first-order chi connectivity index (χ1) is 51.6. The number of aliphatic carboxylic acids is 3. The molecule has 0 bridgehead atoms. The van der Waals surface area contributed by atoms with Gasteiger partial charge in [0.2, 0.25) is 25.0 Å². The van der Waals surface area contributed by atoms with Crippen LogP contribution in [0.3, 0.4) is 0 Å². The second kappa shape index (κ2) is 48.1. The molecule has 630 valence electrons. The van der Waals surface area contributed by atoms with Crippen LogP contribution in [0.1, 0.15) is 0 Å². The van der Waals surface area contributed by atoms with E-state index in [-0.39, 0.29) is 39.3 Å². The summed E-state index contributed by atoms with van der Waals surface area (Å²) in [5, 5.41) is 267. The summed E-state index contributed by atoms with van der Waals surface area (Å²) in [6, 6.07) is 0. The molecule has 0 radical (unpaired) electrons. The van der Waals surface area contributed by atoms with Gasteiger partial charge in [0.05, 0.1) is 97.9 Å². The first kappa shape index (κ1) is 95.3. The Morgan fingerprint density at radius 2 is 0.716 bits per heavy atom. The lowest BCUT2D eigenvalue weighted by atomic mass is 9.96. The zero-order valence-electron chi connectivity index (χ0n) is 57.8. The molecule has 0 aliphatic carbocycles. The van der Waals surface area contributed by atoms with Crippen LogP contribution in [0, 0.1) is 0 Å². The van der Waals surface area contributed by atoms with Gasteiger partial charge in [-0.1, -0.05) is 10.3 Å². The first-order valence-corrected chi connectivity index (χ1v) is 33.3. The fraction of sp³-hybridized carbons (Fsp3) is 0.845. The standard InChI is InChI=1S/C58H99N7O44/c66-16-26(74)51(106-57-49(96)45(92)53(30(20-70)104-57)108-55-47(94)43(90)41(88)28(18-68)102-55)39(86)24(72)9-61-100-22-37(84)98-7-1-59-32(76)11-64(14-35(80)81)5-3-63(13-34(78)79)4-6-65(15-36(82)83)12-33(77)60-2-8-99-38(85)23-101-62-10-25(73)40(87)52(27(75)17-67)107-58-50(97)46(93)54(31(21-71)105-58)109-56-48(95)44(91)42(89)29(19-69)103-56/h9-10,24-31,39-58,66-75,86-97H,1-8,11-23H2,(H,59,76)(H,60,77)(H,78,79)(H,80,81)(H,82,83)/b61-9+,62-10+/t24-,25-,26+,27+,28-,29-,30-,31-,39+,40+,41-,42-,43+,44+,45-,46-,47-,48-,49-,50-,51+,52+,53-,54-,55+,56+,57-,58+/m1/s1. The smallest absolute Gasteiger partial charge is 0.347 e. The van der Waals surface area contributed by atoms with Crippen molar-refractivity contribution in [2.75, 3.05) is 138 Å². The van der Waals surface area contributed by atoms with Crippen molar-refractivity contribution in [3.8, 4) is 0 Å². The van der Waals surface area contributed by atoms with Crippen LogP contribution < -0.4 is 10.6 Å². The third-order valence-electron chi connectivity index (χ3n) is 16.6. The summed E-state index contributed by atoms with van der Waals surface area (Å²) in [7, 11) is 0. The molecule has 4 aliphatic rings. The fourth-order valence-electron chi connectivity index (χ4n) is 10.8. The van der Waals surface area contributed by atoms with Crippen LogP contribution >= 0.6 is 0 Å². The number of ether oxygens (including phenoxy) is 10. The average Bonchev–Trinajstić information content (AvgIpc) is 0.788. The topological polar surface area (TPSA) is 795 Å². The number of aliphatic hydroxyl groups excluding tert-OH is 22. The number of nitrogens with zero attached hydrogens (tertiary/aromatic N) is 5. The zero-order chi connectivity index (χ0) is 81.5. The molecule has 0 saturated carbocycles. The normalized spacial score (nSPS) is 31.1. The maximum absolute atomic E-state index is 12.9. The molecule has 4 aliphatic heterocycles. The predicted molar refractivity (Wildman–Crippen MR) is 342 cm³/mol. The van der Waals surface area contributed by atoms with Crippen LogP contribution in [0.4, 0.5) is 0 Å². The van der Waals surface area contributed by atoms with Gasteiger partial charge in [-0.2, -0.15) is 0 Å². The molecule has 28 atom stereocenters. The average molecular weight is 1600 g/mol. The third-order valence-corrected chi connectivity index (χ3v) is 16.6. The van der Waals surface area contributed by atoms with Gasteiger partial charge >= 0.3 is 29.8 Å². The maximum Gasteiger partial charge on any atom is 0.347 e. The minimum Gasteiger partial charge on any atom is -0.480 e. The van der Waals surface area contributed by atoms with Crippen molar-refractivity contribution in [2.45, 2.75) is 172 Å². The highest BCUT2D eigenvalue weighted by atomic mass is 16.8. The number of amides is 2. The van der Waals surface area contributed by atoms with Crippen molar-refractivity contribution in [3.05, 3.63) is 0 Å². The van der Waals surface area contributed by atoms with E-state index >= 15 is 0 Å². The summed E-state index contributed by atoms with van der Waals surface area (Å²) < 4.78 is 53.0. The number of oxime groups is 2. The van der Waals surface area contributed by atoms with Gasteiger partial charge in [-0.05, 0) is 0 Å². The summed E-state index contributed by atoms with van der Waals surface area (Å²) in [5.74, 6) is -8.05. The van der Waals surface area contributed by atoms with Crippen LogP contribution in [0.25, 0.3) is 0 Å². The van der Waals surface area contributed by atoms with E-state index in [0.29, 0.717) is 12.4 Å². The van der Waals surface area contributed by atoms with Gasteiger partial charge in [0, 0.05) is 26.2 Å². The van der Waals surface area contributed by atoms with Gasteiger partial charge in [0.15, 0.2) is 25.2 Å². The number of hydrogen-bond acceptors (Lipinski definition) is 46. The van der Waals surface area contributed by atoms with Crippen LogP contribution in [-0.4, -0.2) is 506 Å². The number of esters is 2. The molecule has 4 heterocycles. The molecule has 0 spiro atoms. The number of carbonyl (C=O) groups is 7. The molecule has 0 aromatic carbocycles. The van der Waals surface area contributed by atoms with E-state index in [1.54, 1.807) is 0 Å². The Kier molecular flexibility index (Phi) is 42.0. The highest BCUT2D eigenvalue weighted by Gasteiger charge is 2.54. The van der Waals surface area contributed by atoms with E-state index < -0.39 is 312 Å². The van der Waals surface area contributed by atoms with Crippen LogP contribution in [0.5, 0.6) is 0 Å². The van der Waals surface area contributed by atoms with E-state index in [9.17, 15) is 161 Å². The number of rotatable bonds is 50. The maximum atomic E-state index is 12.9. The van der Waals surface area contributed by atoms with Crippen LogP contribution in [-0.2, 0) is 90.6 Å². The predicted octanol–water partition coefficient (Wildman–Crippen LogP) is -19.4. The Balaban J connectivity index is 1.17. The number of nitrogens with one attached hydrogen (secondary N) is 2. The van der Waals surface area contributed by atoms with E-state index in [1.165, 1.54) is 4.90 Å². The van der Waals surface area contributed by atoms with Crippen molar-refractivity contribution in [1.82, 2.24) is 25.3 Å². The lowest BCUT2D eigenvalue weighted by molar-refractivity contribution is -0.367. The molecule has 109 heavy (non-hydrogen) atoms. The number of carboxylic acid groups (broad SMARTS) is 3. The molecule has 51 heteroatoms. The van der Waals surface area contributed by atoms with E-state index in [1.807, 2.05) is 0 Å². The second-order valence-corrected chi connectivity index (χ2v) is 24.7. The summed E-state index contributed by atoms with van der Waals surface area (Å²) in [4.78, 5) is 98.6. The highest BCUT2D eigenvalue weighted by Crippen LogP contribution is 2.33. The quantitative estimate of drug-likeness (QED) is 0.0116. The molecular formula is C58H99N7O44. The Morgan fingerprint density at radius 3 is 1.04 bits per heavy atom. The van der Waals surface area contributed by atoms with Crippen LogP contribution in [0.2, 0.25) is 0 Å². The summed E-state index contributed by atoms with van der Waals surface area (Å²) >= 11 is 0. The molecule has 4 rings (SSSR count). The zero-order valence-corrected chi connectivity index (χ0v) is 57.8. The van der Waals surface area contributed by atoms with Crippen molar-refractivity contribution < 1.29 is 218 Å². The molecule has 27 N–H and O–H groups in total.